The molecular formula is C18H23N7O2. The molecule has 0 bridgehead atoms. The van der Waals surface area contributed by atoms with Crippen molar-refractivity contribution in [1.82, 2.24) is 34.9 Å². The minimum Gasteiger partial charge on any atom is -0.383 e. The molecule has 0 unspecified atom stereocenters. The fraction of sp³-hybridized carbons (Fsp3) is 0.444. The van der Waals surface area contributed by atoms with Crippen LogP contribution in [0.3, 0.4) is 0 Å². The first-order valence-corrected chi connectivity index (χ1v) is 9.01. The monoisotopic (exact) mass is 369 g/mol. The second kappa shape index (κ2) is 8.38. The average Bonchev–Trinajstić information content (AvgIpc) is 3.39. The van der Waals surface area contributed by atoms with E-state index in [0.717, 1.165) is 31.1 Å². The largest absolute Gasteiger partial charge is 0.383 e. The highest BCUT2D eigenvalue weighted by atomic mass is 16.5. The highest BCUT2D eigenvalue weighted by Gasteiger charge is 2.26. The van der Waals surface area contributed by atoms with Crippen LogP contribution in [0, 0.1) is 0 Å². The molecule has 2 aromatic heterocycles. The van der Waals surface area contributed by atoms with Crippen LogP contribution < -0.4 is 0 Å². The van der Waals surface area contributed by atoms with Crippen molar-refractivity contribution in [3.63, 3.8) is 0 Å². The molecular weight excluding hydrogens is 346 g/mol. The lowest BCUT2D eigenvalue weighted by molar-refractivity contribution is -0.0396. The Labute approximate surface area is 157 Å². The summed E-state index contributed by atoms with van der Waals surface area (Å²) in [6, 6.07) is 10.4. The summed E-state index contributed by atoms with van der Waals surface area (Å²) in [6.07, 6.45) is 3.59. The first-order chi connectivity index (χ1) is 13.3. The molecule has 0 spiro atoms. The van der Waals surface area contributed by atoms with Gasteiger partial charge in [-0.15, -0.1) is 5.10 Å². The van der Waals surface area contributed by atoms with E-state index in [2.05, 4.69) is 49.8 Å². The van der Waals surface area contributed by atoms with Gasteiger partial charge in [-0.2, -0.15) is 5.10 Å². The zero-order chi connectivity index (χ0) is 18.5. The summed E-state index contributed by atoms with van der Waals surface area (Å²) in [5, 5.41) is 16.3. The number of ether oxygens (including phenoxy) is 2. The number of hydrogen-bond donors (Lipinski definition) is 0. The Hall–Kier alpha value is -2.62. The topological polar surface area (TPSA) is 83.1 Å². The molecule has 9 heteroatoms. The van der Waals surface area contributed by atoms with Gasteiger partial charge in [0.25, 0.3) is 0 Å². The van der Waals surface area contributed by atoms with Crippen LogP contribution in [-0.2, 0) is 22.6 Å². The first kappa shape index (κ1) is 17.8. The summed E-state index contributed by atoms with van der Waals surface area (Å²) in [7, 11) is 1.67. The van der Waals surface area contributed by atoms with Crippen molar-refractivity contribution < 1.29 is 9.47 Å². The summed E-state index contributed by atoms with van der Waals surface area (Å²) in [5.74, 6) is 0.755. The summed E-state index contributed by atoms with van der Waals surface area (Å²) in [6.45, 7) is 4.35. The van der Waals surface area contributed by atoms with Crippen molar-refractivity contribution in [1.29, 1.82) is 0 Å². The van der Waals surface area contributed by atoms with Gasteiger partial charge in [0.15, 0.2) is 5.82 Å². The fourth-order valence-electron chi connectivity index (χ4n) is 3.22. The van der Waals surface area contributed by atoms with Gasteiger partial charge in [-0.1, -0.05) is 12.1 Å². The highest BCUT2D eigenvalue weighted by Crippen LogP contribution is 2.21. The Morgan fingerprint density at radius 2 is 2.15 bits per heavy atom. The molecule has 3 aromatic rings. The van der Waals surface area contributed by atoms with Crippen LogP contribution in [0.2, 0.25) is 0 Å². The van der Waals surface area contributed by atoms with Gasteiger partial charge in [0, 0.05) is 39.1 Å². The maximum atomic E-state index is 5.92. The highest BCUT2D eigenvalue weighted by molar-refractivity contribution is 5.33. The quantitative estimate of drug-likeness (QED) is 0.616. The van der Waals surface area contributed by atoms with E-state index in [4.69, 9.17) is 9.47 Å². The molecule has 27 heavy (non-hydrogen) atoms. The minimum atomic E-state index is -0.131. The first-order valence-electron chi connectivity index (χ1n) is 9.01. The van der Waals surface area contributed by atoms with Crippen LogP contribution in [0.1, 0.15) is 17.5 Å². The molecule has 1 atom stereocenters. The summed E-state index contributed by atoms with van der Waals surface area (Å²) in [4.78, 5) is 2.37. The lowest BCUT2D eigenvalue weighted by atomic mass is 10.1. The lowest BCUT2D eigenvalue weighted by Crippen LogP contribution is -2.39. The number of rotatable bonds is 7. The van der Waals surface area contributed by atoms with E-state index in [1.807, 2.05) is 16.9 Å². The van der Waals surface area contributed by atoms with Gasteiger partial charge in [-0.25, -0.2) is 9.36 Å². The zero-order valence-electron chi connectivity index (χ0n) is 15.3. The Bertz CT molecular complexity index is 832. The van der Waals surface area contributed by atoms with Crippen LogP contribution in [0.5, 0.6) is 0 Å². The van der Waals surface area contributed by atoms with Gasteiger partial charge < -0.3 is 9.47 Å². The van der Waals surface area contributed by atoms with Crippen molar-refractivity contribution in [2.45, 2.75) is 19.2 Å². The standard InChI is InChI=1S/C18H23N7O2/c1-26-11-10-25-18(20-21-22-25)17-14-23(9-12-27-17)13-15-3-5-16(6-4-15)24-8-2-7-19-24/h2-8,17H,9-14H2,1H3/t17-/m0/s1. The van der Waals surface area contributed by atoms with Crippen molar-refractivity contribution in [3.8, 4) is 5.69 Å². The van der Waals surface area contributed by atoms with E-state index in [1.54, 1.807) is 18.0 Å². The molecule has 0 amide bonds. The SMILES string of the molecule is COCCn1nnnc1[C@@H]1CN(Cc2ccc(-n3cccn3)cc2)CCO1. The fourth-order valence-corrected chi connectivity index (χ4v) is 3.22. The third-order valence-corrected chi connectivity index (χ3v) is 4.62. The van der Waals surface area contributed by atoms with E-state index in [9.17, 15) is 0 Å². The number of methoxy groups -OCH3 is 1. The molecule has 1 aliphatic rings. The van der Waals surface area contributed by atoms with Gasteiger partial charge >= 0.3 is 0 Å². The molecule has 0 N–H and O–H groups in total. The van der Waals surface area contributed by atoms with Crippen molar-refractivity contribution >= 4 is 0 Å². The van der Waals surface area contributed by atoms with Crippen LogP contribution in [-0.4, -0.2) is 68.3 Å². The van der Waals surface area contributed by atoms with Crippen molar-refractivity contribution in [2.24, 2.45) is 0 Å². The molecule has 1 aromatic carbocycles. The molecule has 1 saturated heterocycles. The van der Waals surface area contributed by atoms with E-state index < -0.39 is 0 Å². The predicted molar refractivity (Wildman–Crippen MR) is 97.2 cm³/mol. The summed E-state index contributed by atoms with van der Waals surface area (Å²) < 4.78 is 14.7. The second-order valence-corrected chi connectivity index (χ2v) is 6.46. The second-order valence-electron chi connectivity index (χ2n) is 6.46. The van der Waals surface area contributed by atoms with Crippen LogP contribution >= 0.6 is 0 Å². The van der Waals surface area contributed by atoms with Crippen LogP contribution in [0.15, 0.2) is 42.7 Å². The Morgan fingerprint density at radius 3 is 2.93 bits per heavy atom. The van der Waals surface area contributed by atoms with Crippen LogP contribution in [0.25, 0.3) is 5.69 Å². The molecule has 0 saturated carbocycles. The van der Waals surface area contributed by atoms with Crippen LogP contribution in [0.4, 0.5) is 0 Å². The third-order valence-electron chi connectivity index (χ3n) is 4.62. The summed E-state index contributed by atoms with van der Waals surface area (Å²) >= 11 is 0. The molecule has 1 aliphatic heterocycles. The smallest absolute Gasteiger partial charge is 0.181 e. The van der Waals surface area contributed by atoms with E-state index >= 15 is 0 Å². The number of tetrazole rings is 1. The van der Waals surface area contributed by atoms with Gasteiger partial charge in [0.2, 0.25) is 0 Å². The van der Waals surface area contributed by atoms with Gasteiger partial charge in [-0.05, 0) is 34.2 Å². The molecule has 3 heterocycles. The minimum absolute atomic E-state index is 0.131. The molecule has 1 fully saturated rings. The third kappa shape index (κ3) is 4.21. The zero-order valence-corrected chi connectivity index (χ0v) is 15.3. The molecule has 0 aliphatic carbocycles. The number of aromatic nitrogens is 6. The van der Waals surface area contributed by atoms with E-state index in [-0.39, 0.29) is 6.10 Å². The lowest BCUT2D eigenvalue weighted by Gasteiger charge is -2.32. The van der Waals surface area contributed by atoms with E-state index in [0.29, 0.717) is 19.8 Å². The van der Waals surface area contributed by atoms with Gasteiger partial charge in [0.1, 0.15) is 6.10 Å². The Balaban J connectivity index is 1.39. The average molecular weight is 369 g/mol. The number of morpholine rings is 1. The van der Waals surface area contributed by atoms with E-state index in [1.165, 1.54) is 5.56 Å². The van der Waals surface area contributed by atoms with Gasteiger partial charge in [0.05, 0.1) is 25.4 Å². The number of nitrogens with zero attached hydrogens (tertiary/aromatic N) is 7. The molecule has 0 radical (unpaired) electrons. The summed E-state index contributed by atoms with van der Waals surface area (Å²) in [5.41, 5.74) is 2.31. The molecule has 9 nitrogen and oxygen atoms in total. The predicted octanol–water partition coefficient (Wildman–Crippen LogP) is 1.08. The maximum absolute atomic E-state index is 5.92. The van der Waals surface area contributed by atoms with Gasteiger partial charge in [-0.3, -0.25) is 4.90 Å². The Morgan fingerprint density at radius 1 is 1.26 bits per heavy atom. The molecule has 142 valence electrons. The Kier molecular flexibility index (Phi) is 5.52. The van der Waals surface area contributed by atoms with Crippen molar-refractivity contribution in [2.75, 3.05) is 33.4 Å². The molecule has 4 rings (SSSR count). The normalized spacial score (nSPS) is 18.0. The number of benzene rings is 1. The maximum Gasteiger partial charge on any atom is 0.181 e. The number of hydrogen-bond acceptors (Lipinski definition) is 7. The van der Waals surface area contributed by atoms with Crippen molar-refractivity contribution in [3.05, 3.63) is 54.1 Å².